The SMILES string of the molecule is O=S(=O)(c1cccc(C#CCO)c1)N1CC2CCCC2C1. The molecule has 2 unspecified atom stereocenters. The summed E-state index contributed by atoms with van der Waals surface area (Å²) in [6.07, 6.45) is 3.53. The third-order valence-corrected chi connectivity index (χ3v) is 6.30. The van der Waals surface area contributed by atoms with Crippen molar-refractivity contribution in [3.8, 4) is 11.8 Å². The number of rotatable bonds is 2. The van der Waals surface area contributed by atoms with Crippen LogP contribution < -0.4 is 0 Å². The standard InChI is InChI=1S/C16H19NO3S/c18-9-3-5-13-4-1-8-16(10-13)21(19,20)17-11-14-6-2-7-15(14)12-17/h1,4,8,10,14-15,18H,2,6-7,9,11-12H2. The predicted octanol–water partition coefficient (Wildman–Crippen LogP) is 1.45. The van der Waals surface area contributed by atoms with Gasteiger partial charge in [0.25, 0.3) is 0 Å². The molecule has 1 N–H and O–H groups in total. The van der Waals surface area contributed by atoms with E-state index in [1.54, 1.807) is 28.6 Å². The molecule has 21 heavy (non-hydrogen) atoms. The van der Waals surface area contributed by atoms with Gasteiger partial charge in [-0.15, -0.1) is 0 Å². The van der Waals surface area contributed by atoms with Gasteiger partial charge < -0.3 is 5.11 Å². The molecule has 0 aromatic heterocycles. The monoisotopic (exact) mass is 305 g/mol. The first-order valence-corrected chi connectivity index (χ1v) is 8.75. The Labute approximate surface area is 125 Å². The average molecular weight is 305 g/mol. The van der Waals surface area contributed by atoms with Gasteiger partial charge in [-0.25, -0.2) is 8.42 Å². The smallest absolute Gasteiger partial charge is 0.243 e. The molecule has 0 bridgehead atoms. The molecule has 2 fully saturated rings. The zero-order valence-electron chi connectivity index (χ0n) is 11.8. The van der Waals surface area contributed by atoms with Crippen molar-refractivity contribution in [2.24, 2.45) is 11.8 Å². The van der Waals surface area contributed by atoms with E-state index in [9.17, 15) is 8.42 Å². The van der Waals surface area contributed by atoms with Gasteiger partial charge >= 0.3 is 0 Å². The van der Waals surface area contributed by atoms with Gasteiger partial charge in [0.1, 0.15) is 6.61 Å². The highest BCUT2D eigenvalue weighted by Gasteiger charge is 2.41. The Balaban J connectivity index is 1.85. The summed E-state index contributed by atoms with van der Waals surface area (Å²) in [6, 6.07) is 6.66. The Morgan fingerprint density at radius 3 is 2.62 bits per heavy atom. The summed E-state index contributed by atoms with van der Waals surface area (Å²) in [5, 5.41) is 8.72. The lowest BCUT2D eigenvalue weighted by atomic mass is 10.0. The summed E-state index contributed by atoms with van der Waals surface area (Å²) in [4.78, 5) is 0.298. The van der Waals surface area contributed by atoms with E-state index in [2.05, 4.69) is 11.8 Å². The minimum atomic E-state index is -3.43. The third-order valence-electron chi connectivity index (χ3n) is 4.48. The van der Waals surface area contributed by atoms with Crippen molar-refractivity contribution >= 4 is 10.0 Å². The molecule has 0 spiro atoms. The number of benzene rings is 1. The molecule has 2 atom stereocenters. The van der Waals surface area contributed by atoms with E-state index < -0.39 is 10.0 Å². The molecule has 1 saturated carbocycles. The minimum Gasteiger partial charge on any atom is -0.384 e. The topological polar surface area (TPSA) is 57.6 Å². The van der Waals surface area contributed by atoms with E-state index >= 15 is 0 Å². The summed E-state index contributed by atoms with van der Waals surface area (Å²) in [6.45, 7) is 1.07. The first-order valence-electron chi connectivity index (χ1n) is 7.31. The van der Waals surface area contributed by atoms with Gasteiger partial charge in [0, 0.05) is 18.7 Å². The van der Waals surface area contributed by atoms with Crippen molar-refractivity contribution < 1.29 is 13.5 Å². The lowest BCUT2D eigenvalue weighted by molar-refractivity contribution is 0.350. The maximum absolute atomic E-state index is 12.7. The Morgan fingerprint density at radius 2 is 1.95 bits per heavy atom. The molecule has 3 rings (SSSR count). The molecule has 1 aromatic rings. The molecule has 1 aliphatic carbocycles. The zero-order chi connectivity index (χ0) is 14.9. The van der Waals surface area contributed by atoms with Gasteiger partial charge in [0.15, 0.2) is 0 Å². The summed E-state index contributed by atoms with van der Waals surface area (Å²) < 4.78 is 27.1. The van der Waals surface area contributed by atoms with Gasteiger partial charge in [0.2, 0.25) is 10.0 Å². The van der Waals surface area contributed by atoms with E-state index in [1.807, 2.05) is 0 Å². The van der Waals surface area contributed by atoms with Crippen molar-refractivity contribution in [1.29, 1.82) is 0 Å². The number of hydrogen-bond acceptors (Lipinski definition) is 3. The largest absolute Gasteiger partial charge is 0.384 e. The highest BCUT2D eigenvalue weighted by Crippen LogP contribution is 2.39. The van der Waals surface area contributed by atoms with Crippen molar-refractivity contribution in [2.45, 2.75) is 24.2 Å². The third kappa shape index (κ3) is 2.84. The Kier molecular flexibility index (Phi) is 4.03. The van der Waals surface area contributed by atoms with E-state index in [-0.39, 0.29) is 6.61 Å². The van der Waals surface area contributed by atoms with Crippen molar-refractivity contribution in [3.05, 3.63) is 29.8 Å². The zero-order valence-corrected chi connectivity index (χ0v) is 12.6. The van der Waals surface area contributed by atoms with Crippen LogP contribution in [-0.4, -0.2) is 37.5 Å². The van der Waals surface area contributed by atoms with Gasteiger partial charge in [-0.3, -0.25) is 0 Å². The Hall–Kier alpha value is -1.35. The van der Waals surface area contributed by atoms with E-state index in [0.717, 1.165) is 12.8 Å². The number of aliphatic hydroxyl groups is 1. The summed E-state index contributed by atoms with van der Waals surface area (Å²) in [7, 11) is -3.43. The van der Waals surface area contributed by atoms with Crippen LogP contribution in [0, 0.1) is 23.7 Å². The number of sulfonamides is 1. The van der Waals surface area contributed by atoms with Crippen LogP contribution in [0.15, 0.2) is 29.2 Å². The second kappa shape index (κ2) is 5.80. The van der Waals surface area contributed by atoms with Crippen LogP contribution in [0.3, 0.4) is 0 Å². The van der Waals surface area contributed by atoms with E-state index in [4.69, 9.17) is 5.11 Å². The fourth-order valence-corrected chi connectivity index (χ4v) is 5.01. The quantitative estimate of drug-likeness (QED) is 0.842. The molecule has 5 heteroatoms. The lowest BCUT2D eigenvalue weighted by Gasteiger charge is -2.17. The number of aliphatic hydroxyl groups excluding tert-OH is 1. The van der Waals surface area contributed by atoms with Crippen molar-refractivity contribution in [3.63, 3.8) is 0 Å². The van der Waals surface area contributed by atoms with Crippen LogP contribution >= 0.6 is 0 Å². The van der Waals surface area contributed by atoms with Gasteiger partial charge in [-0.2, -0.15) is 4.31 Å². The molecule has 1 aliphatic heterocycles. The molecule has 1 aromatic carbocycles. The maximum Gasteiger partial charge on any atom is 0.243 e. The van der Waals surface area contributed by atoms with E-state index in [0.29, 0.717) is 35.4 Å². The Morgan fingerprint density at radius 1 is 1.24 bits per heavy atom. The first kappa shape index (κ1) is 14.6. The average Bonchev–Trinajstić information content (AvgIpc) is 3.07. The number of fused-ring (bicyclic) bond motifs is 1. The highest BCUT2D eigenvalue weighted by atomic mass is 32.2. The van der Waals surface area contributed by atoms with Crippen molar-refractivity contribution in [2.75, 3.05) is 19.7 Å². The number of nitrogens with zero attached hydrogens (tertiary/aromatic N) is 1. The fourth-order valence-electron chi connectivity index (χ4n) is 3.41. The van der Waals surface area contributed by atoms with Crippen LogP contribution in [0.2, 0.25) is 0 Å². The second-order valence-electron chi connectivity index (χ2n) is 5.76. The van der Waals surface area contributed by atoms with Gasteiger partial charge in [-0.05, 0) is 42.9 Å². The normalized spacial score (nSPS) is 25.4. The fraction of sp³-hybridized carbons (Fsp3) is 0.500. The number of hydrogen-bond donors (Lipinski definition) is 1. The predicted molar refractivity (Wildman–Crippen MR) is 80.0 cm³/mol. The van der Waals surface area contributed by atoms with Gasteiger partial charge in [-0.1, -0.05) is 24.3 Å². The molecule has 0 radical (unpaired) electrons. The van der Waals surface area contributed by atoms with Crippen LogP contribution in [0.4, 0.5) is 0 Å². The molecule has 1 heterocycles. The minimum absolute atomic E-state index is 0.230. The Bertz CT molecular complexity index is 675. The summed E-state index contributed by atoms with van der Waals surface area (Å²) in [5.41, 5.74) is 0.615. The molecular weight excluding hydrogens is 286 g/mol. The molecule has 2 aliphatic rings. The highest BCUT2D eigenvalue weighted by molar-refractivity contribution is 7.89. The van der Waals surface area contributed by atoms with Crippen LogP contribution in [-0.2, 0) is 10.0 Å². The molecule has 0 amide bonds. The molecule has 4 nitrogen and oxygen atoms in total. The van der Waals surface area contributed by atoms with Crippen molar-refractivity contribution in [1.82, 2.24) is 4.31 Å². The van der Waals surface area contributed by atoms with Gasteiger partial charge in [0.05, 0.1) is 4.90 Å². The second-order valence-corrected chi connectivity index (χ2v) is 7.70. The lowest BCUT2D eigenvalue weighted by Crippen LogP contribution is -2.29. The maximum atomic E-state index is 12.7. The van der Waals surface area contributed by atoms with Crippen LogP contribution in [0.25, 0.3) is 0 Å². The summed E-state index contributed by atoms with van der Waals surface area (Å²) >= 11 is 0. The molecule has 112 valence electrons. The van der Waals surface area contributed by atoms with Crippen LogP contribution in [0.1, 0.15) is 24.8 Å². The summed E-state index contributed by atoms with van der Waals surface area (Å²) in [5.74, 6) is 6.37. The molecule has 1 saturated heterocycles. The van der Waals surface area contributed by atoms with E-state index in [1.165, 1.54) is 6.42 Å². The van der Waals surface area contributed by atoms with Crippen LogP contribution in [0.5, 0.6) is 0 Å². The molecular formula is C16H19NO3S. The first-order chi connectivity index (χ1) is 10.1.